The van der Waals surface area contributed by atoms with Gasteiger partial charge in [-0.25, -0.2) is 21.6 Å². The number of nitrogens with zero attached hydrogens (tertiary/aromatic N) is 2. The molecule has 1 fully saturated rings. The average Bonchev–Trinajstić information content (AvgIpc) is 2.80. The maximum atomic E-state index is 14.0. The van der Waals surface area contributed by atoms with Crippen LogP contribution >= 0.6 is 0 Å². The van der Waals surface area contributed by atoms with E-state index >= 15 is 0 Å². The molecule has 168 valence electrons. The van der Waals surface area contributed by atoms with Crippen LogP contribution in [0.2, 0.25) is 0 Å². The topological polar surface area (TPSA) is 40.6 Å². The Morgan fingerprint density at radius 1 is 0.844 bits per heavy atom. The summed E-state index contributed by atoms with van der Waals surface area (Å²) in [4.78, 5) is 2.14. The average molecular weight is 461 g/mol. The van der Waals surface area contributed by atoms with Crippen LogP contribution in [0.15, 0.2) is 77.7 Å². The van der Waals surface area contributed by atoms with E-state index in [1.807, 2.05) is 4.90 Å². The standard InChI is InChI=1S/C24H23F3N2O2S/c25-19-9-11-20(12-10-19)29(32(30,31)22-6-2-1-3-7-22)21-13-15-28(16-14-21)17-18-5-4-8-23(26)24(18)27/h1-12,21H,13-17H2. The van der Waals surface area contributed by atoms with Gasteiger partial charge in [0.25, 0.3) is 10.0 Å². The second-order valence-electron chi connectivity index (χ2n) is 7.81. The van der Waals surface area contributed by atoms with E-state index in [-0.39, 0.29) is 23.0 Å². The summed E-state index contributed by atoms with van der Waals surface area (Å²) in [6.07, 6.45) is 1.00. The van der Waals surface area contributed by atoms with Crippen LogP contribution in [0.5, 0.6) is 0 Å². The minimum absolute atomic E-state index is 0.161. The molecule has 1 aliphatic heterocycles. The number of halogens is 3. The number of piperidine rings is 1. The minimum Gasteiger partial charge on any atom is -0.299 e. The van der Waals surface area contributed by atoms with Crippen LogP contribution in [0.1, 0.15) is 18.4 Å². The van der Waals surface area contributed by atoms with E-state index in [4.69, 9.17) is 0 Å². The first kappa shape index (κ1) is 22.4. The Bertz CT molecular complexity index is 1160. The van der Waals surface area contributed by atoms with Crippen molar-refractivity contribution in [3.8, 4) is 0 Å². The molecule has 4 nitrogen and oxygen atoms in total. The maximum Gasteiger partial charge on any atom is 0.264 e. The van der Waals surface area contributed by atoms with Gasteiger partial charge in [0.05, 0.1) is 10.6 Å². The van der Waals surface area contributed by atoms with Gasteiger partial charge in [-0.2, -0.15) is 0 Å². The second kappa shape index (κ2) is 9.34. The third-order valence-electron chi connectivity index (χ3n) is 5.70. The highest BCUT2D eigenvalue weighted by Gasteiger charge is 2.34. The van der Waals surface area contributed by atoms with Crippen molar-refractivity contribution < 1.29 is 21.6 Å². The number of likely N-dealkylation sites (tertiary alicyclic amines) is 1. The molecule has 1 saturated heterocycles. The Balaban J connectivity index is 1.57. The fraction of sp³-hybridized carbons (Fsp3) is 0.250. The van der Waals surface area contributed by atoms with Crippen LogP contribution in [0.25, 0.3) is 0 Å². The second-order valence-corrected chi connectivity index (χ2v) is 9.63. The van der Waals surface area contributed by atoms with Gasteiger partial charge in [0.1, 0.15) is 5.82 Å². The normalized spacial score (nSPS) is 15.6. The predicted molar refractivity (Wildman–Crippen MR) is 117 cm³/mol. The van der Waals surface area contributed by atoms with Crippen molar-refractivity contribution in [2.75, 3.05) is 17.4 Å². The molecular formula is C24H23F3N2O2S. The number of rotatable bonds is 6. The summed E-state index contributed by atoms with van der Waals surface area (Å²) in [5.74, 6) is -2.18. The van der Waals surface area contributed by atoms with Crippen molar-refractivity contribution in [2.45, 2.75) is 30.3 Å². The van der Waals surface area contributed by atoms with E-state index in [2.05, 4.69) is 0 Å². The van der Waals surface area contributed by atoms with Crippen LogP contribution in [-0.2, 0) is 16.6 Å². The lowest BCUT2D eigenvalue weighted by molar-refractivity contribution is 0.203. The SMILES string of the molecule is O=S(=O)(c1ccccc1)N(c1ccc(F)cc1)C1CCN(Cc2cccc(F)c2F)CC1. The Morgan fingerprint density at radius 2 is 1.50 bits per heavy atom. The highest BCUT2D eigenvalue weighted by atomic mass is 32.2. The molecular weight excluding hydrogens is 437 g/mol. The van der Waals surface area contributed by atoms with Crippen LogP contribution < -0.4 is 4.31 Å². The predicted octanol–water partition coefficient (Wildman–Crippen LogP) is 4.96. The Kier molecular flexibility index (Phi) is 6.53. The van der Waals surface area contributed by atoms with Gasteiger partial charge >= 0.3 is 0 Å². The molecule has 0 unspecified atom stereocenters. The summed E-state index contributed by atoms with van der Waals surface area (Å²) >= 11 is 0. The smallest absolute Gasteiger partial charge is 0.264 e. The summed E-state index contributed by atoms with van der Waals surface area (Å²) in [6.45, 7) is 1.28. The van der Waals surface area contributed by atoms with Gasteiger partial charge in [-0.05, 0) is 55.3 Å². The highest BCUT2D eigenvalue weighted by Crippen LogP contribution is 2.31. The van der Waals surface area contributed by atoms with Gasteiger partial charge in [-0.3, -0.25) is 9.21 Å². The Morgan fingerprint density at radius 3 is 2.16 bits per heavy atom. The van der Waals surface area contributed by atoms with E-state index in [0.29, 0.717) is 31.6 Å². The first-order chi connectivity index (χ1) is 15.4. The Labute approximate surface area is 186 Å². The third kappa shape index (κ3) is 4.66. The molecule has 3 aromatic rings. The van der Waals surface area contributed by atoms with Crippen molar-refractivity contribution in [3.05, 3.63) is 95.8 Å². The van der Waals surface area contributed by atoms with Crippen molar-refractivity contribution in [1.82, 2.24) is 4.90 Å². The highest BCUT2D eigenvalue weighted by molar-refractivity contribution is 7.92. The van der Waals surface area contributed by atoms with Crippen LogP contribution in [0.3, 0.4) is 0 Å². The summed E-state index contributed by atoms with van der Waals surface area (Å²) < 4.78 is 69.4. The van der Waals surface area contributed by atoms with E-state index in [0.717, 1.165) is 6.07 Å². The molecule has 0 N–H and O–H groups in total. The number of hydrogen-bond acceptors (Lipinski definition) is 3. The monoisotopic (exact) mass is 460 g/mol. The molecule has 0 bridgehead atoms. The van der Waals surface area contributed by atoms with E-state index in [1.165, 1.54) is 46.8 Å². The quantitative estimate of drug-likeness (QED) is 0.522. The summed E-state index contributed by atoms with van der Waals surface area (Å²) in [7, 11) is -3.87. The largest absolute Gasteiger partial charge is 0.299 e. The van der Waals surface area contributed by atoms with E-state index in [9.17, 15) is 21.6 Å². The van der Waals surface area contributed by atoms with Crippen molar-refractivity contribution >= 4 is 15.7 Å². The van der Waals surface area contributed by atoms with Gasteiger partial charge in [-0.1, -0.05) is 30.3 Å². The number of benzene rings is 3. The summed E-state index contributed by atoms with van der Waals surface area (Å²) in [5.41, 5.74) is 0.667. The first-order valence-electron chi connectivity index (χ1n) is 10.4. The molecule has 0 spiro atoms. The molecule has 32 heavy (non-hydrogen) atoms. The van der Waals surface area contributed by atoms with Crippen molar-refractivity contribution in [3.63, 3.8) is 0 Å². The van der Waals surface area contributed by atoms with Crippen LogP contribution in [0.4, 0.5) is 18.9 Å². The van der Waals surface area contributed by atoms with Gasteiger partial charge < -0.3 is 0 Å². The van der Waals surface area contributed by atoms with Crippen molar-refractivity contribution in [1.29, 1.82) is 0 Å². The van der Waals surface area contributed by atoms with Crippen LogP contribution in [-0.4, -0.2) is 32.4 Å². The molecule has 0 saturated carbocycles. The molecule has 1 aliphatic rings. The Hall–Kier alpha value is -2.84. The van der Waals surface area contributed by atoms with Gasteiger partial charge in [-0.15, -0.1) is 0 Å². The fourth-order valence-electron chi connectivity index (χ4n) is 4.06. The summed E-state index contributed by atoms with van der Waals surface area (Å²) in [6, 6.07) is 17.3. The minimum atomic E-state index is -3.87. The molecule has 4 rings (SSSR count). The lowest BCUT2D eigenvalue weighted by Gasteiger charge is -2.39. The lowest BCUT2D eigenvalue weighted by Crippen LogP contribution is -2.47. The summed E-state index contributed by atoms with van der Waals surface area (Å²) in [5, 5.41) is 0. The molecule has 8 heteroatoms. The third-order valence-corrected chi connectivity index (χ3v) is 7.59. The van der Waals surface area contributed by atoms with E-state index < -0.39 is 27.5 Å². The zero-order valence-corrected chi connectivity index (χ0v) is 18.1. The lowest BCUT2D eigenvalue weighted by atomic mass is 10.0. The molecule has 0 aliphatic carbocycles. The number of anilines is 1. The zero-order valence-electron chi connectivity index (χ0n) is 17.3. The molecule has 3 aromatic carbocycles. The molecule has 0 amide bonds. The number of sulfonamides is 1. The molecule has 1 heterocycles. The first-order valence-corrected chi connectivity index (χ1v) is 11.8. The molecule has 0 aromatic heterocycles. The van der Waals surface area contributed by atoms with E-state index in [1.54, 1.807) is 24.3 Å². The fourth-order valence-corrected chi connectivity index (χ4v) is 5.79. The maximum absolute atomic E-state index is 14.0. The van der Waals surface area contributed by atoms with Gasteiger partial charge in [0, 0.05) is 31.2 Å². The number of hydrogen-bond donors (Lipinski definition) is 0. The van der Waals surface area contributed by atoms with Crippen molar-refractivity contribution in [2.24, 2.45) is 0 Å². The van der Waals surface area contributed by atoms with Gasteiger partial charge in [0.2, 0.25) is 0 Å². The van der Waals surface area contributed by atoms with Crippen LogP contribution in [0, 0.1) is 17.5 Å². The molecule has 0 atom stereocenters. The van der Waals surface area contributed by atoms with Gasteiger partial charge in [0.15, 0.2) is 11.6 Å². The molecule has 0 radical (unpaired) electrons. The zero-order chi connectivity index (χ0) is 22.7.